The number of esters is 1. The minimum atomic E-state index is -0.955. The molecule has 0 aliphatic heterocycles. The van der Waals surface area contributed by atoms with E-state index in [-0.39, 0.29) is 5.91 Å². The van der Waals surface area contributed by atoms with Crippen LogP contribution in [0.25, 0.3) is 10.6 Å². The van der Waals surface area contributed by atoms with Crippen molar-refractivity contribution in [3.63, 3.8) is 0 Å². The van der Waals surface area contributed by atoms with Crippen LogP contribution >= 0.6 is 11.3 Å². The third kappa shape index (κ3) is 3.51. The minimum Gasteiger partial charge on any atom is -0.450 e. The number of amides is 1. The Balaban J connectivity index is 2.30. The van der Waals surface area contributed by atoms with Gasteiger partial charge in [-0.3, -0.25) is 9.59 Å². The molecule has 118 valence electrons. The highest BCUT2D eigenvalue weighted by molar-refractivity contribution is 7.19. The maximum atomic E-state index is 11.1. The fourth-order valence-electron chi connectivity index (χ4n) is 1.89. The van der Waals surface area contributed by atoms with Crippen molar-refractivity contribution in [3.8, 4) is 10.6 Å². The zero-order chi connectivity index (χ0) is 16.5. The predicted molar refractivity (Wildman–Crippen MR) is 81.4 cm³/mol. The summed E-state index contributed by atoms with van der Waals surface area (Å²) in [6.45, 7) is 7.97. The van der Waals surface area contributed by atoms with Gasteiger partial charge in [0.15, 0.2) is 16.5 Å². The number of rotatable bonds is 4. The molecule has 1 amide bonds. The van der Waals surface area contributed by atoms with E-state index in [2.05, 4.69) is 15.3 Å². The Hall–Kier alpha value is -2.22. The van der Waals surface area contributed by atoms with E-state index >= 15 is 0 Å². The zero-order valence-corrected chi connectivity index (χ0v) is 13.8. The van der Waals surface area contributed by atoms with Gasteiger partial charge in [0.1, 0.15) is 0 Å². The second-order valence-corrected chi connectivity index (χ2v) is 6.25. The monoisotopic (exact) mass is 323 g/mol. The highest BCUT2D eigenvalue weighted by Gasteiger charge is 2.30. The van der Waals surface area contributed by atoms with Crippen LogP contribution in [0.4, 0.5) is 5.13 Å². The number of hydrogen-bond acceptors (Lipinski definition) is 7. The van der Waals surface area contributed by atoms with Gasteiger partial charge >= 0.3 is 5.97 Å². The molecule has 0 unspecified atom stereocenters. The number of carbonyl (C=O) groups is 2. The summed E-state index contributed by atoms with van der Waals surface area (Å²) in [4.78, 5) is 31.4. The summed E-state index contributed by atoms with van der Waals surface area (Å²) in [5.74, 6) is 0.217. The summed E-state index contributed by atoms with van der Waals surface area (Å²) >= 11 is 1.29. The Bertz CT molecular complexity index is 717. The van der Waals surface area contributed by atoms with Gasteiger partial charge < -0.3 is 14.5 Å². The van der Waals surface area contributed by atoms with E-state index in [0.717, 1.165) is 10.6 Å². The molecule has 0 fully saturated rings. The quantitative estimate of drug-likeness (QED) is 0.869. The van der Waals surface area contributed by atoms with Crippen molar-refractivity contribution in [1.29, 1.82) is 0 Å². The number of oxazole rings is 1. The SMILES string of the molecule is CC(=O)Nc1nc(C)c(-c2cnc(C(C)(C)OC(C)=O)o2)s1. The smallest absolute Gasteiger partial charge is 0.303 e. The molecule has 0 aliphatic carbocycles. The van der Waals surface area contributed by atoms with Gasteiger partial charge in [-0.25, -0.2) is 9.97 Å². The number of anilines is 1. The molecule has 22 heavy (non-hydrogen) atoms. The molecule has 0 aliphatic rings. The number of thiazole rings is 1. The van der Waals surface area contributed by atoms with Crippen LogP contribution < -0.4 is 5.32 Å². The first-order chi connectivity index (χ1) is 10.2. The maximum Gasteiger partial charge on any atom is 0.303 e. The van der Waals surface area contributed by atoms with Gasteiger partial charge in [-0.2, -0.15) is 0 Å². The van der Waals surface area contributed by atoms with Gasteiger partial charge in [0, 0.05) is 13.8 Å². The number of ether oxygens (including phenoxy) is 1. The lowest BCUT2D eigenvalue weighted by Gasteiger charge is -2.20. The van der Waals surface area contributed by atoms with Gasteiger partial charge in [0.2, 0.25) is 11.8 Å². The van der Waals surface area contributed by atoms with E-state index in [0.29, 0.717) is 16.8 Å². The van der Waals surface area contributed by atoms with E-state index < -0.39 is 11.6 Å². The van der Waals surface area contributed by atoms with Crippen LogP contribution in [0.15, 0.2) is 10.6 Å². The van der Waals surface area contributed by atoms with Crippen LogP contribution in [0.3, 0.4) is 0 Å². The van der Waals surface area contributed by atoms with Gasteiger partial charge in [-0.05, 0) is 20.8 Å². The van der Waals surface area contributed by atoms with Crippen molar-refractivity contribution < 1.29 is 18.7 Å². The summed E-state index contributed by atoms with van der Waals surface area (Å²) in [7, 11) is 0. The summed E-state index contributed by atoms with van der Waals surface area (Å²) < 4.78 is 10.9. The normalized spacial score (nSPS) is 11.3. The Morgan fingerprint density at radius 2 is 2.05 bits per heavy atom. The summed E-state index contributed by atoms with van der Waals surface area (Å²) in [5, 5.41) is 3.13. The molecule has 2 aromatic heterocycles. The molecule has 2 rings (SSSR count). The topological polar surface area (TPSA) is 94.3 Å². The van der Waals surface area contributed by atoms with Crippen LogP contribution in [0, 0.1) is 6.92 Å². The number of hydrogen-bond donors (Lipinski definition) is 1. The lowest BCUT2D eigenvalue weighted by molar-refractivity contribution is -0.156. The molecule has 2 heterocycles. The van der Waals surface area contributed by atoms with Gasteiger partial charge in [-0.15, -0.1) is 0 Å². The fourth-order valence-corrected chi connectivity index (χ4v) is 2.85. The second-order valence-electron chi connectivity index (χ2n) is 5.25. The fraction of sp³-hybridized carbons (Fsp3) is 0.429. The lowest BCUT2D eigenvalue weighted by atomic mass is 10.1. The molecule has 0 aromatic carbocycles. The van der Waals surface area contributed by atoms with Gasteiger partial charge in [-0.1, -0.05) is 11.3 Å². The predicted octanol–water partition coefficient (Wildman–Crippen LogP) is 2.86. The summed E-state index contributed by atoms with van der Waals surface area (Å²) in [6, 6.07) is 0. The van der Waals surface area contributed by atoms with Crippen molar-refractivity contribution in [3.05, 3.63) is 17.8 Å². The molecule has 0 saturated heterocycles. The third-order valence-corrected chi connectivity index (χ3v) is 3.81. The highest BCUT2D eigenvalue weighted by Crippen LogP contribution is 2.35. The average Bonchev–Trinajstić information content (AvgIpc) is 2.93. The number of nitrogens with zero attached hydrogens (tertiary/aromatic N) is 2. The largest absolute Gasteiger partial charge is 0.450 e. The van der Waals surface area contributed by atoms with Crippen LogP contribution in [0.5, 0.6) is 0 Å². The van der Waals surface area contributed by atoms with Crippen molar-refractivity contribution in [2.24, 2.45) is 0 Å². The molecule has 7 nitrogen and oxygen atoms in total. The first-order valence-corrected chi connectivity index (χ1v) is 7.42. The summed E-state index contributed by atoms with van der Waals surface area (Å²) in [5.41, 5.74) is -0.231. The molecule has 8 heteroatoms. The van der Waals surface area contributed by atoms with Gasteiger partial charge in [0.05, 0.1) is 16.8 Å². The first-order valence-electron chi connectivity index (χ1n) is 6.60. The van der Waals surface area contributed by atoms with Crippen LogP contribution in [-0.4, -0.2) is 21.8 Å². The number of nitrogens with one attached hydrogen (secondary N) is 1. The Kier molecular flexibility index (Phi) is 4.32. The molecule has 2 aromatic rings. The van der Waals surface area contributed by atoms with E-state index in [1.54, 1.807) is 20.0 Å². The molecular weight excluding hydrogens is 306 g/mol. The Morgan fingerprint density at radius 3 is 2.64 bits per heavy atom. The molecule has 0 saturated carbocycles. The molecule has 0 spiro atoms. The molecular formula is C14H17N3O4S. The second kappa shape index (κ2) is 5.88. The van der Waals surface area contributed by atoms with E-state index in [1.807, 2.05) is 6.92 Å². The highest BCUT2D eigenvalue weighted by atomic mass is 32.1. The van der Waals surface area contributed by atoms with Crippen LogP contribution in [0.1, 0.15) is 39.3 Å². The summed E-state index contributed by atoms with van der Waals surface area (Å²) in [6.07, 6.45) is 1.55. The van der Waals surface area contributed by atoms with Crippen molar-refractivity contribution in [1.82, 2.24) is 9.97 Å². The molecule has 0 radical (unpaired) electrons. The molecule has 0 bridgehead atoms. The van der Waals surface area contributed by atoms with E-state index in [9.17, 15) is 9.59 Å². The minimum absolute atomic E-state index is 0.186. The number of aryl methyl sites for hydroxylation is 1. The van der Waals surface area contributed by atoms with Gasteiger partial charge in [0.25, 0.3) is 0 Å². The zero-order valence-electron chi connectivity index (χ0n) is 13.0. The molecule has 0 atom stereocenters. The van der Waals surface area contributed by atoms with Crippen molar-refractivity contribution in [2.75, 3.05) is 5.32 Å². The van der Waals surface area contributed by atoms with Crippen molar-refractivity contribution in [2.45, 2.75) is 40.2 Å². The number of aromatic nitrogens is 2. The van der Waals surface area contributed by atoms with Crippen LogP contribution in [-0.2, 0) is 19.9 Å². The average molecular weight is 323 g/mol. The first kappa shape index (κ1) is 16.2. The van der Waals surface area contributed by atoms with E-state index in [1.165, 1.54) is 25.2 Å². The van der Waals surface area contributed by atoms with Crippen LogP contribution in [0.2, 0.25) is 0 Å². The standard InChI is InChI=1S/C14H17N3O4S/c1-7-11(22-13(16-7)17-8(2)18)10-6-15-12(20-10)14(4,5)21-9(3)19/h6H,1-5H3,(H,16,17,18). The lowest BCUT2D eigenvalue weighted by Crippen LogP contribution is -2.24. The molecule has 1 N–H and O–H groups in total. The Labute approximate surface area is 131 Å². The van der Waals surface area contributed by atoms with E-state index in [4.69, 9.17) is 9.15 Å². The maximum absolute atomic E-state index is 11.1. The van der Waals surface area contributed by atoms with Crippen molar-refractivity contribution >= 4 is 28.3 Å². The third-order valence-electron chi connectivity index (χ3n) is 2.72. The Morgan fingerprint density at radius 1 is 1.36 bits per heavy atom. The number of carbonyl (C=O) groups excluding carboxylic acids is 2.